The van der Waals surface area contributed by atoms with Gasteiger partial charge in [-0.1, -0.05) is 6.42 Å². The molecule has 4 rings (SSSR count). The van der Waals surface area contributed by atoms with Gasteiger partial charge in [0.25, 0.3) is 5.69 Å². The van der Waals surface area contributed by atoms with Crippen LogP contribution in [0.15, 0.2) is 41.3 Å². The average Bonchev–Trinajstić information content (AvgIpc) is 3.14. The first-order valence-electron chi connectivity index (χ1n) is 10.7. The molecule has 0 N–H and O–H groups in total. The van der Waals surface area contributed by atoms with Crippen molar-refractivity contribution < 1.29 is 18.1 Å². The molecule has 2 aromatic carbocycles. The van der Waals surface area contributed by atoms with Crippen LogP contribution < -0.4 is 4.74 Å². The minimum absolute atomic E-state index is 0.0422. The lowest BCUT2D eigenvalue weighted by Crippen LogP contribution is -2.35. The number of fused-ring (bicyclic) bond motifs is 1. The van der Waals surface area contributed by atoms with E-state index in [0.29, 0.717) is 42.3 Å². The van der Waals surface area contributed by atoms with E-state index in [9.17, 15) is 18.5 Å². The number of nitrogens with zero attached hydrogens (tertiary/aromatic N) is 4. The maximum Gasteiger partial charge on any atom is 0.272 e. The normalized spacial score (nSPS) is 15.2. The number of hydrogen-bond acceptors (Lipinski definition) is 6. The Morgan fingerprint density at radius 3 is 2.53 bits per heavy atom. The van der Waals surface area contributed by atoms with E-state index in [-0.39, 0.29) is 17.2 Å². The number of benzene rings is 2. The summed E-state index contributed by atoms with van der Waals surface area (Å²) in [4.78, 5) is 15.5. The van der Waals surface area contributed by atoms with Crippen molar-refractivity contribution in [1.82, 2.24) is 13.9 Å². The zero-order valence-corrected chi connectivity index (χ0v) is 19.0. The lowest BCUT2D eigenvalue weighted by molar-refractivity contribution is -0.385. The molecule has 1 saturated heterocycles. The fraction of sp³-hybridized carbons (Fsp3) is 0.409. The molecule has 170 valence electrons. The molecule has 0 amide bonds. The Morgan fingerprint density at radius 1 is 1.12 bits per heavy atom. The highest BCUT2D eigenvalue weighted by Crippen LogP contribution is 2.27. The second kappa shape index (κ2) is 8.87. The Morgan fingerprint density at radius 2 is 1.88 bits per heavy atom. The Kier molecular flexibility index (Phi) is 6.16. The number of hydrogen-bond donors (Lipinski definition) is 0. The van der Waals surface area contributed by atoms with Gasteiger partial charge in [-0.2, -0.15) is 4.31 Å². The summed E-state index contributed by atoms with van der Waals surface area (Å²) in [6.07, 6.45) is 2.83. The summed E-state index contributed by atoms with van der Waals surface area (Å²) in [6, 6.07) is 9.68. The minimum Gasteiger partial charge on any atom is -0.486 e. The summed E-state index contributed by atoms with van der Waals surface area (Å²) in [5, 5.41) is 11.0. The molecule has 1 fully saturated rings. The van der Waals surface area contributed by atoms with E-state index >= 15 is 0 Å². The number of sulfonamides is 1. The largest absolute Gasteiger partial charge is 0.486 e. The number of aromatic nitrogens is 2. The van der Waals surface area contributed by atoms with Gasteiger partial charge < -0.3 is 9.30 Å². The summed E-state index contributed by atoms with van der Waals surface area (Å²) in [7, 11) is -3.54. The first kappa shape index (κ1) is 22.2. The van der Waals surface area contributed by atoms with Gasteiger partial charge in [0.15, 0.2) is 0 Å². The summed E-state index contributed by atoms with van der Waals surface area (Å²) in [5.41, 5.74) is 2.00. The predicted molar refractivity (Wildman–Crippen MR) is 120 cm³/mol. The molecule has 0 aliphatic carbocycles. The molecule has 1 aliphatic rings. The highest BCUT2D eigenvalue weighted by molar-refractivity contribution is 7.89. The summed E-state index contributed by atoms with van der Waals surface area (Å²) in [6.45, 7) is 5.56. The molecule has 0 bridgehead atoms. The monoisotopic (exact) mass is 458 g/mol. The highest BCUT2D eigenvalue weighted by Gasteiger charge is 2.26. The number of rotatable bonds is 7. The first-order valence-corrected chi connectivity index (χ1v) is 12.1. The SMILES string of the molecule is CCn1c(COc2ccc([N+](=O)[O-])c(C)c2)nc2cc(S(=O)(=O)N3CCCCC3)ccc21. The molecule has 1 aliphatic heterocycles. The fourth-order valence-corrected chi connectivity index (χ4v) is 5.65. The van der Waals surface area contributed by atoms with Crippen molar-refractivity contribution in [3.63, 3.8) is 0 Å². The Labute approximate surface area is 186 Å². The topological polar surface area (TPSA) is 108 Å². The van der Waals surface area contributed by atoms with Crippen molar-refractivity contribution in [1.29, 1.82) is 0 Å². The van der Waals surface area contributed by atoms with Crippen LogP contribution in [0.1, 0.15) is 37.6 Å². The van der Waals surface area contributed by atoms with Crippen LogP contribution in [0.5, 0.6) is 5.75 Å². The zero-order valence-electron chi connectivity index (χ0n) is 18.2. The molecule has 10 heteroatoms. The predicted octanol–water partition coefficient (Wildman–Crippen LogP) is 4.03. The molecule has 2 heterocycles. The van der Waals surface area contributed by atoms with Gasteiger partial charge in [-0.05, 0) is 57.0 Å². The van der Waals surface area contributed by atoms with E-state index in [1.807, 2.05) is 11.5 Å². The highest BCUT2D eigenvalue weighted by atomic mass is 32.2. The quantitative estimate of drug-likeness (QED) is 0.391. The van der Waals surface area contributed by atoms with E-state index in [2.05, 4.69) is 4.98 Å². The molecule has 0 unspecified atom stereocenters. The van der Waals surface area contributed by atoms with Gasteiger partial charge >= 0.3 is 0 Å². The van der Waals surface area contributed by atoms with Crippen LogP contribution >= 0.6 is 0 Å². The molecular weight excluding hydrogens is 432 g/mol. The van der Waals surface area contributed by atoms with Gasteiger partial charge in [-0.25, -0.2) is 13.4 Å². The molecule has 3 aromatic rings. The second-order valence-corrected chi connectivity index (χ2v) is 9.82. The lowest BCUT2D eigenvalue weighted by Gasteiger charge is -2.25. The Bertz CT molecular complexity index is 1260. The third-order valence-electron chi connectivity index (χ3n) is 5.80. The minimum atomic E-state index is -3.54. The summed E-state index contributed by atoms with van der Waals surface area (Å²) < 4.78 is 35.4. The van der Waals surface area contributed by atoms with Crippen LogP contribution in [-0.2, 0) is 23.2 Å². The zero-order chi connectivity index (χ0) is 22.9. The van der Waals surface area contributed by atoms with Gasteiger partial charge in [0.1, 0.15) is 18.2 Å². The molecule has 0 atom stereocenters. The van der Waals surface area contributed by atoms with E-state index in [1.54, 1.807) is 41.6 Å². The van der Waals surface area contributed by atoms with Crippen molar-refractivity contribution in [2.75, 3.05) is 13.1 Å². The van der Waals surface area contributed by atoms with Crippen molar-refractivity contribution in [2.24, 2.45) is 0 Å². The molecule has 32 heavy (non-hydrogen) atoms. The first-order chi connectivity index (χ1) is 15.3. The van der Waals surface area contributed by atoms with Crippen molar-refractivity contribution in [3.05, 3.63) is 57.9 Å². The number of ether oxygens (including phenoxy) is 1. The fourth-order valence-electron chi connectivity index (χ4n) is 4.11. The number of nitro benzene ring substituents is 1. The van der Waals surface area contributed by atoms with Crippen LogP contribution in [0.2, 0.25) is 0 Å². The van der Waals surface area contributed by atoms with Gasteiger partial charge in [0.2, 0.25) is 10.0 Å². The number of aryl methyl sites for hydroxylation is 2. The molecule has 1 aromatic heterocycles. The van der Waals surface area contributed by atoms with E-state index in [0.717, 1.165) is 24.8 Å². The van der Waals surface area contributed by atoms with Gasteiger partial charge in [-0.3, -0.25) is 10.1 Å². The van der Waals surface area contributed by atoms with E-state index in [4.69, 9.17) is 4.74 Å². The van der Waals surface area contributed by atoms with Crippen LogP contribution in [0, 0.1) is 17.0 Å². The summed E-state index contributed by atoms with van der Waals surface area (Å²) >= 11 is 0. The number of imidazole rings is 1. The molecule has 0 radical (unpaired) electrons. The van der Waals surface area contributed by atoms with Gasteiger partial charge in [0.05, 0.1) is 20.9 Å². The van der Waals surface area contributed by atoms with Crippen LogP contribution in [0.3, 0.4) is 0 Å². The van der Waals surface area contributed by atoms with Crippen molar-refractivity contribution in [3.8, 4) is 5.75 Å². The Hall–Kier alpha value is -2.98. The van der Waals surface area contributed by atoms with E-state index in [1.165, 1.54) is 6.07 Å². The van der Waals surface area contributed by atoms with Crippen molar-refractivity contribution >= 4 is 26.7 Å². The van der Waals surface area contributed by atoms with E-state index < -0.39 is 14.9 Å². The lowest BCUT2D eigenvalue weighted by atomic mass is 10.2. The summed E-state index contributed by atoms with van der Waals surface area (Å²) in [5.74, 6) is 1.17. The third-order valence-corrected chi connectivity index (χ3v) is 7.70. The number of nitro groups is 1. The standard InChI is InChI=1S/C22H26N4O5S/c1-3-25-21-10-8-18(32(29,30)24-11-5-4-6-12-24)14-19(21)23-22(25)15-31-17-7-9-20(26(27)28)16(2)13-17/h7-10,13-14H,3-6,11-12,15H2,1-2H3. The average molecular weight is 459 g/mol. The molecular formula is C22H26N4O5S. The van der Waals surface area contributed by atoms with Crippen LogP contribution in [-0.4, -0.2) is 40.3 Å². The molecule has 9 nitrogen and oxygen atoms in total. The van der Waals surface area contributed by atoms with Crippen LogP contribution in [0.25, 0.3) is 11.0 Å². The van der Waals surface area contributed by atoms with Gasteiger partial charge in [-0.15, -0.1) is 0 Å². The molecule has 0 saturated carbocycles. The third kappa shape index (κ3) is 4.20. The smallest absolute Gasteiger partial charge is 0.272 e. The maximum atomic E-state index is 13.0. The van der Waals surface area contributed by atoms with Crippen LogP contribution in [0.4, 0.5) is 5.69 Å². The second-order valence-electron chi connectivity index (χ2n) is 7.88. The van der Waals surface area contributed by atoms with Gasteiger partial charge in [0, 0.05) is 31.3 Å². The molecule has 0 spiro atoms. The van der Waals surface area contributed by atoms with Crippen molar-refractivity contribution in [2.45, 2.75) is 51.2 Å². The number of piperidine rings is 1. The maximum absolute atomic E-state index is 13.0. The Balaban J connectivity index is 1.60.